The number of benzene rings is 1. The maximum atomic E-state index is 9.16. The minimum absolute atomic E-state index is 0.322. The maximum absolute atomic E-state index is 9.16. The van der Waals surface area contributed by atoms with Crippen LogP contribution in [0.25, 0.3) is 0 Å². The summed E-state index contributed by atoms with van der Waals surface area (Å²) in [5.41, 5.74) is 0. The molecular weight excluding hydrogens is 271 g/mol. The predicted molar refractivity (Wildman–Crippen MR) is 69.3 cm³/mol. The number of unbranched alkanes of at least 4 members (excludes halogenated alkanes) is 1. The van der Waals surface area contributed by atoms with Gasteiger partial charge in [-0.1, -0.05) is 44.9 Å². The molecule has 0 atom stereocenters. The fourth-order valence-electron chi connectivity index (χ4n) is 0.428. The number of rotatable bonds is 1. The summed E-state index contributed by atoms with van der Waals surface area (Å²) in [6.45, 7) is 4.36. The zero-order valence-electron chi connectivity index (χ0n) is 9.23. The number of phenols is 1. The van der Waals surface area contributed by atoms with Crippen LogP contribution < -0.4 is 0 Å². The molecule has 0 radical (unpaired) electrons. The second kappa shape index (κ2) is 11.0. The number of halogens is 2. The van der Waals surface area contributed by atoms with Crippen LogP contribution >= 0.6 is 21.4 Å². The monoisotopic (exact) mass is 286 g/mol. The molecule has 0 aromatic heterocycles. The van der Waals surface area contributed by atoms with Crippen molar-refractivity contribution in [3.8, 4) is 5.75 Å². The molecular formula is C10H16Cl2O3S. The van der Waals surface area contributed by atoms with E-state index in [0.29, 0.717) is 5.75 Å². The second-order valence-electron chi connectivity index (χ2n) is 2.71. The Balaban J connectivity index is 0. The van der Waals surface area contributed by atoms with Crippen LogP contribution in [0, 0.1) is 0 Å². The summed E-state index contributed by atoms with van der Waals surface area (Å²) >= 11 is 0. The van der Waals surface area contributed by atoms with E-state index in [9.17, 15) is 0 Å². The van der Waals surface area contributed by atoms with Gasteiger partial charge >= 0.3 is 8.26 Å². The summed E-state index contributed by atoms with van der Waals surface area (Å²) in [5, 5.41) is 8.63. The highest BCUT2D eigenvalue weighted by Crippen LogP contribution is 2.02. The molecule has 94 valence electrons. The van der Waals surface area contributed by atoms with E-state index in [1.165, 1.54) is 12.8 Å². The zero-order valence-corrected chi connectivity index (χ0v) is 11.6. The molecule has 1 rings (SSSR count). The van der Waals surface area contributed by atoms with Gasteiger partial charge in [-0.05, 0) is 12.1 Å². The Kier molecular flexibility index (Phi) is 12.4. The van der Waals surface area contributed by atoms with E-state index in [4.69, 9.17) is 13.5 Å². The highest BCUT2D eigenvalue weighted by molar-refractivity contribution is 8.31. The third-order valence-electron chi connectivity index (χ3n) is 1.26. The summed E-state index contributed by atoms with van der Waals surface area (Å²) in [7, 11) is 4.81. The normalized spacial score (nSPS) is 9.25. The summed E-state index contributed by atoms with van der Waals surface area (Å²) < 4.78 is 18.3. The van der Waals surface area contributed by atoms with Gasteiger partial charge in [-0.2, -0.15) is 8.42 Å². The first-order valence-corrected chi connectivity index (χ1v) is 7.83. The lowest BCUT2D eigenvalue weighted by Gasteiger charge is -1.82. The lowest BCUT2D eigenvalue weighted by Crippen LogP contribution is -1.63. The Morgan fingerprint density at radius 1 is 1.06 bits per heavy atom. The fraction of sp³-hybridized carbons (Fsp3) is 0.400. The first kappa shape index (κ1) is 17.9. The lowest BCUT2D eigenvalue weighted by atomic mass is 10.3. The number of hydrogen-bond donors (Lipinski definition) is 1. The third kappa shape index (κ3) is 29.2. The van der Waals surface area contributed by atoms with Gasteiger partial charge in [-0.3, -0.25) is 0 Å². The summed E-state index contributed by atoms with van der Waals surface area (Å²) in [4.78, 5) is 0. The highest BCUT2D eigenvalue weighted by Gasteiger charge is 1.88. The molecule has 0 unspecified atom stereocenters. The van der Waals surface area contributed by atoms with Crippen molar-refractivity contribution in [1.82, 2.24) is 0 Å². The van der Waals surface area contributed by atoms with E-state index in [-0.39, 0.29) is 0 Å². The molecule has 0 fully saturated rings. The number of hydrogen-bond acceptors (Lipinski definition) is 3. The van der Waals surface area contributed by atoms with Gasteiger partial charge in [0.2, 0.25) is 0 Å². The standard InChI is InChI=1S/C6H6O.C4H10.Cl2O2S/c7-6-4-2-1-3-5-6;1-3-4-2;1-5(2,3)4/h1-5,7H;3-4H2,1-2H3;. The van der Waals surface area contributed by atoms with Gasteiger partial charge in [-0.25, -0.2) is 0 Å². The van der Waals surface area contributed by atoms with Crippen LogP contribution in [0.3, 0.4) is 0 Å². The molecule has 3 nitrogen and oxygen atoms in total. The molecule has 0 aliphatic heterocycles. The largest absolute Gasteiger partial charge is 0.508 e. The molecule has 0 heterocycles. The smallest absolute Gasteiger partial charge is 0.317 e. The third-order valence-corrected chi connectivity index (χ3v) is 1.26. The van der Waals surface area contributed by atoms with Gasteiger partial charge < -0.3 is 5.11 Å². The first-order valence-electron chi connectivity index (χ1n) is 4.69. The molecule has 16 heavy (non-hydrogen) atoms. The Bertz CT molecular complexity index is 328. The molecule has 1 aromatic carbocycles. The molecule has 0 saturated carbocycles. The summed E-state index contributed by atoms with van der Waals surface area (Å²) in [5.74, 6) is 0.322. The molecule has 0 aliphatic carbocycles. The summed E-state index contributed by atoms with van der Waals surface area (Å²) in [6, 6.07) is 8.71. The number of para-hydroxylation sites is 1. The van der Waals surface area contributed by atoms with Gasteiger partial charge in [0.25, 0.3) is 0 Å². The van der Waals surface area contributed by atoms with Crippen LogP contribution in [0.4, 0.5) is 0 Å². The van der Waals surface area contributed by atoms with E-state index in [2.05, 4.69) is 35.2 Å². The van der Waals surface area contributed by atoms with Crippen LogP contribution in [0.2, 0.25) is 0 Å². The van der Waals surface area contributed by atoms with Gasteiger partial charge in [-0.15, -0.1) is 0 Å². The van der Waals surface area contributed by atoms with Crippen LogP contribution in [0.5, 0.6) is 5.75 Å². The van der Waals surface area contributed by atoms with Crippen LogP contribution in [-0.4, -0.2) is 13.5 Å². The van der Waals surface area contributed by atoms with Gasteiger partial charge in [0.15, 0.2) is 0 Å². The van der Waals surface area contributed by atoms with E-state index < -0.39 is 8.26 Å². The Morgan fingerprint density at radius 3 is 1.50 bits per heavy atom. The number of aromatic hydroxyl groups is 1. The lowest BCUT2D eigenvalue weighted by molar-refractivity contribution is 0.475. The highest BCUT2D eigenvalue weighted by atomic mass is 36.0. The SMILES string of the molecule is CCCC.O=S(=O)(Cl)Cl.Oc1ccccc1. The van der Waals surface area contributed by atoms with Crippen molar-refractivity contribution in [1.29, 1.82) is 0 Å². The second-order valence-corrected chi connectivity index (χ2v) is 6.38. The van der Waals surface area contributed by atoms with Crippen LogP contribution in [0.15, 0.2) is 30.3 Å². The zero-order chi connectivity index (χ0) is 13.0. The topological polar surface area (TPSA) is 54.4 Å². The van der Waals surface area contributed by atoms with E-state index in [0.717, 1.165) is 0 Å². The first-order chi connectivity index (χ1) is 7.31. The molecule has 0 saturated heterocycles. The average Bonchev–Trinajstić information content (AvgIpc) is 2.17. The van der Waals surface area contributed by atoms with Crippen molar-refractivity contribution in [3.05, 3.63) is 30.3 Å². The van der Waals surface area contributed by atoms with Crippen molar-refractivity contribution in [2.45, 2.75) is 26.7 Å². The fourth-order valence-corrected chi connectivity index (χ4v) is 0.428. The van der Waals surface area contributed by atoms with Gasteiger partial charge in [0.05, 0.1) is 0 Å². The number of phenolic OH excluding ortho intramolecular Hbond substituents is 1. The Morgan fingerprint density at radius 2 is 1.38 bits per heavy atom. The Labute approximate surface area is 106 Å². The minimum Gasteiger partial charge on any atom is -0.508 e. The van der Waals surface area contributed by atoms with Crippen LogP contribution in [0.1, 0.15) is 26.7 Å². The van der Waals surface area contributed by atoms with Gasteiger partial charge in [0, 0.05) is 21.4 Å². The molecule has 1 aromatic rings. The molecule has 1 N–H and O–H groups in total. The molecule has 0 amide bonds. The predicted octanol–water partition coefficient (Wildman–Crippen LogP) is 3.91. The van der Waals surface area contributed by atoms with Crippen molar-refractivity contribution in [2.75, 3.05) is 0 Å². The maximum Gasteiger partial charge on any atom is 0.317 e. The van der Waals surface area contributed by atoms with Crippen molar-refractivity contribution in [3.63, 3.8) is 0 Å². The van der Waals surface area contributed by atoms with E-state index in [1.54, 1.807) is 24.3 Å². The minimum atomic E-state index is -3.72. The van der Waals surface area contributed by atoms with Crippen molar-refractivity contribution >= 4 is 29.6 Å². The van der Waals surface area contributed by atoms with Gasteiger partial charge in [0.1, 0.15) is 5.75 Å². The average molecular weight is 287 g/mol. The van der Waals surface area contributed by atoms with Crippen LogP contribution in [-0.2, 0) is 8.26 Å². The Hall–Kier alpha value is -0.450. The molecule has 0 aliphatic rings. The molecule has 0 bridgehead atoms. The van der Waals surface area contributed by atoms with E-state index >= 15 is 0 Å². The van der Waals surface area contributed by atoms with Crippen molar-refractivity contribution < 1.29 is 13.5 Å². The molecule has 0 spiro atoms. The molecule has 6 heteroatoms. The van der Waals surface area contributed by atoms with E-state index in [1.807, 2.05) is 6.07 Å². The van der Waals surface area contributed by atoms with Crippen molar-refractivity contribution in [2.24, 2.45) is 0 Å². The quantitative estimate of drug-likeness (QED) is 0.797. The summed E-state index contributed by atoms with van der Waals surface area (Å²) in [6.07, 6.45) is 2.64.